The van der Waals surface area contributed by atoms with Gasteiger partial charge in [0.1, 0.15) is 11.3 Å². The highest BCUT2D eigenvalue weighted by Gasteiger charge is 2.16. The van der Waals surface area contributed by atoms with Gasteiger partial charge < -0.3 is 0 Å². The molecule has 0 atom stereocenters. The Kier molecular flexibility index (Phi) is 4.59. The molecule has 0 aliphatic heterocycles. The van der Waals surface area contributed by atoms with Gasteiger partial charge >= 0.3 is 0 Å². The minimum atomic E-state index is 0.471. The first-order chi connectivity index (χ1) is 10.1. The molecule has 0 aliphatic rings. The summed E-state index contributed by atoms with van der Waals surface area (Å²) in [6.45, 7) is 0. The van der Waals surface area contributed by atoms with Gasteiger partial charge in [-0.05, 0) is 46.9 Å². The van der Waals surface area contributed by atoms with Crippen molar-refractivity contribution >= 4 is 68.6 Å². The Morgan fingerprint density at radius 2 is 2.00 bits per heavy atom. The zero-order chi connectivity index (χ0) is 15.0. The molecule has 0 spiro atoms. The number of hydrogen-bond donors (Lipinski definition) is 0. The lowest BCUT2D eigenvalue weighted by Crippen LogP contribution is -2.03. The van der Waals surface area contributed by atoms with E-state index in [9.17, 15) is 0 Å². The van der Waals surface area contributed by atoms with Gasteiger partial charge in [0, 0.05) is 22.1 Å². The van der Waals surface area contributed by atoms with Crippen molar-refractivity contribution in [2.75, 3.05) is 5.88 Å². The zero-order valence-corrected chi connectivity index (χ0v) is 15.1. The van der Waals surface area contributed by atoms with Gasteiger partial charge in [0.2, 0.25) is 0 Å². The van der Waals surface area contributed by atoms with E-state index in [1.54, 1.807) is 12.3 Å². The fourth-order valence-corrected chi connectivity index (χ4v) is 3.42. The van der Waals surface area contributed by atoms with Gasteiger partial charge in [-0.3, -0.25) is 4.57 Å². The van der Waals surface area contributed by atoms with Crippen molar-refractivity contribution in [3.63, 3.8) is 0 Å². The molecule has 3 rings (SSSR count). The average molecular weight is 453 g/mol. The summed E-state index contributed by atoms with van der Waals surface area (Å²) in [6, 6.07) is 7.65. The van der Waals surface area contributed by atoms with Crippen molar-refractivity contribution in [2.45, 2.75) is 6.42 Å². The summed E-state index contributed by atoms with van der Waals surface area (Å²) in [5.74, 6) is 1.29. The van der Waals surface area contributed by atoms with Crippen molar-refractivity contribution in [1.82, 2.24) is 14.5 Å². The van der Waals surface area contributed by atoms with Crippen LogP contribution in [0.4, 0.5) is 0 Å². The van der Waals surface area contributed by atoms with Crippen molar-refractivity contribution in [3.8, 4) is 5.69 Å². The molecule has 0 saturated carbocycles. The van der Waals surface area contributed by atoms with E-state index in [1.807, 2.05) is 22.8 Å². The fourth-order valence-electron chi connectivity index (χ4n) is 2.16. The fraction of sp³-hybridized carbons (Fsp3) is 0.143. The van der Waals surface area contributed by atoms with E-state index in [-0.39, 0.29) is 0 Å². The number of halogens is 4. The van der Waals surface area contributed by atoms with Crippen LogP contribution in [0.5, 0.6) is 0 Å². The summed E-state index contributed by atoms with van der Waals surface area (Å²) in [4.78, 5) is 8.96. The lowest BCUT2D eigenvalue weighted by atomic mass is 10.3. The summed E-state index contributed by atoms with van der Waals surface area (Å²) >= 11 is 20.5. The molecule has 2 heterocycles. The third-order valence-corrected chi connectivity index (χ3v) is 4.37. The summed E-state index contributed by atoms with van der Waals surface area (Å²) in [5, 5.41) is 1.20. The highest BCUT2D eigenvalue weighted by atomic mass is 127. The number of nitrogens with zero attached hydrogens (tertiary/aromatic N) is 3. The van der Waals surface area contributed by atoms with Crippen LogP contribution in [-0.4, -0.2) is 20.4 Å². The Bertz CT molecular complexity index is 817. The Hall–Kier alpha value is -0.560. The zero-order valence-electron chi connectivity index (χ0n) is 10.7. The molecule has 21 heavy (non-hydrogen) atoms. The first-order valence-electron chi connectivity index (χ1n) is 6.14. The molecule has 108 valence electrons. The summed E-state index contributed by atoms with van der Waals surface area (Å²) in [7, 11) is 0. The molecule has 7 heteroatoms. The van der Waals surface area contributed by atoms with E-state index in [1.165, 1.54) is 0 Å². The number of imidazole rings is 1. The van der Waals surface area contributed by atoms with E-state index in [2.05, 4.69) is 32.6 Å². The van der Waals surface area contributed by atoms with Crippen LogP contribution >= 0.6 is 57.4 Å². The van der Waals surface area contributed by atoms with Crippen LogP contribution in [0.1, 0.15) is 5.82 Å². The van der Waals surface area contributed by atoms with Gasteiger partial charge in [-0.2, -0.15) is 0 Å². The molecule has 0 bridgehead atoms. The van der Waals surface area contributed by atoms with Gasteiger partial charge in [-0.25, -0.2) is 9.97 Å². The van der Waals surface area contributed by atoms with E-state index in [0.717, 1.165) is 26.2 Å². The van der Waals surface area contributed by atoms with Crippen molar-refractivity contribution < 1.29 is 0 Å². The standard InChI is InChI=1S/C14H9Cl3IN3/c15-4-3-13-20-11-5-8(16)7-19-14(11)21(13)12-2-1-9(18)6-10(12)17/h1-2,5-7H,3-4H2. The van der Waals surface area contributed by atoms with Gasteiger partial charge in [0.25, 0.3) is 0 Å². The minimum Gasteiger partial charge on any atom is -0.279 e. The third-order valence-electron chi connectivity index (χ3n) is 3.00. The predicted octanol–water partition coefficient (Wildman–Crippen LogP) is 5.11. The molecular formula is C14H9Cl3IN3. The quantitative estimate of drug-likeness (QED) is 0.408. The molecule has 2 aromatic heterocycles. The predicted molar refractivity (Wildman–Crippen MR) is 96.0 cm³/mol. The Morgan fingerprint density at radius 3 is 2.71 bits per heavy atom. The monoisotopic (exact) mass is 451 g/mol. The van der Waals surface area contributed by atoms with E-state index in [0.29, 0.717) is 22.3 Å². The van der Waals surface area contributed by atoms with Crippen LogP contribution < -0.4 is 0 Å². The molecule has 3 aromatic rings. The highest BCUT2D eigenvalue weighted by molar-refractivity contribution is 14.1. The van der Waals surface area contributed by atoms with Gasteiger partial charge in [0.05, 0.1) is 15.7 Å². The molecule has 0 fully saturated rings. The second-order valence-electron chi connectivity index (χ2n) is 4.39. The summed E-state index contributed by atoms with van der Waals surface area (Å²) in [6.07, 6.45) is 2.23. The molecule has 0 N–H and O–H groups in total. The second kappa shape index (κ2) is 6.28. The Labute approximate surface area is 150 Å². The molecule has 0 unspecified atom stereocenters. The van der Waals surface area contributed by atoms with Crippen LogP contribution in [-0.2, 0) is 6.42 Å². The number of rotatable bonds is 3. The number of hydrogen-bond acceptors (Lipinski definition) is 2. The highest BCUT2D eigenvalue weighted by Crippen LogP contribution is 2.28. The number of aromatic nitrogens is 3. The smallest absolute Gasteiger partial charge is 0.164 e. The SMILES string of the molecule is ClCCc1nc2cc(Cl)cnc2n1-c1ccc(I)cc1Cl. The topological polar surface area (TPSA) is 30.7 Å². The minimum absolute atomic E-state index is 0.471. The van der Waals surface area contributed by atoms with Crippen LogP contribution in [0.25, 0.3) is 16.9 Å². The van der Waals surface area contributed by atoms with E-state index >= 15 is 0 Å². The third kappa shape index (κ3) is 2.99. The van der Waals surface area contributed by atoms with Crippen LogP contribution in [0, 0.1) is 3.57 Å². The number of fused-ring (bicyclic) bond motifs is 1. The lowest BCUT2D eigenvalue weighted by molar-refractivity contribution is 0.905. The largest absolute Gasteiger partial charge is 0.279 e. The summed E-state index contributed by atoms with van der Waals surface area (Å²) < 4.78 is 3.01. The molecule has 0 saturated heterocycles. The maximum atomic E-state index is 6.38. The van der Waals surface area contributed by atoms with Gasteiger partial charge in [-0.15, -0.1) is 11.6 Å². The number of benzene rings is 1. The van der Waals surface area contributed by atoms with E-state index in [4.69, 9.17) is 34.8 Å². The number of alkyl halides is 1. The van der Waals surface area contributed by atoms with Crippen molar-refractivity contribution in [2.24, 2.45) is 0 Å². The van der Waals surface area contributed by atoms with Gasteiger partial charge in [0.15, 0.2) is 5.65 Å². The first kappa shape index (κ1) is 15.3. The van der Waals surface area contributed by atoms with Crippen LogP contribution in [0.3, 0.4) is 0 Å². The molecule has 0 amide bonds. The Balaban J connectivity index is 2.30. The van der Waals surface area contributed by atoms with Crippen LogP contribution in [0.2, 0.25) is 10.0 Å². The molecule has 0 aliphatic carbocycles. The van der Waals surface area contributed by atoms with Crippen LogP contribution in [0.15, 0.2) is 30.5 Å². The van der Waals surface area contributed by atoms with Gasteiger partial charge in [-0.1, -0.05) is 23.2 Å². The normalized spacial score (nSPS) is 11.2. The van der Waals surface area contributed by atoms with Crippen molar-refractivity contribution in [1.29, 1.82) is 0 Å². The number of aryl methyl sites for hydroxylation is 1. The summed E-state index contributed by atoms with van der Waals surface area (Å²) in [5.41, 5.74) is 2.30. The average Bonchev–Trinajstić information content (AvgIpc) is 2.76. The van der Waals surface area contributed by atoms with Crippen molar-refractivity contribution in [3.05, 3.63) is 49.9 Å². The lowest BCUT2D eigenvalue weighted by Gasteiger charge is -2.10. The number of pyridine rings is 1. The molecule has 0 radical (unpaired) electrons. The maximum Gasteiger partial charge on any atom is 0.164 e. The molecule has 1 aromatic carbocycles. The molecular weight excluding hydrogens is 443 g/mol. The Morgan fingerprint density at radius 1 is 1.19 bits per heavy atom. The first-order valence-corrected chi connectivity index (χ1v) is 8.51. The maximum absolute atomic E-state index is 6.38. The second-order valence-corrected chi connectivity index (χ2v) is 6.86. The van der Waals surface area contributed by atoms with E-state index < -0.39 is 0 Å². The molecule has 3 nitrogen and oxygen atoms in total.